The maximum Gasteiger partial charge on any atom is 0.223 e. The molecule has 0 aromatic carbocycles. The Morgan fingerprint density at radius 2 is 1.26 bits per heavy atom. The second-order valence-electron chi connectivity index (χ2n) is 15.7. The second-order valence-corrected chi connectivity index (χ2v) is 15.7. The summed E-state index contributed by atoms with van der Waals surface area (Å²) >= 11 is 0. The summed E-state index contributed by atoms with van der Waals surface area (Å²) in [6.07, 6.45) is 31.1. The average Bonchev–Trinajstić information content (AvgIpc) is 3.34. The van der Waals surface area contributed by atoms with Gasteiger partial charge in [0.15, 0.2) is 0 Å². The van der Waals surface area contributed by atoms with E-state index >= 15 is 0 Å². The normalized spacial score (nSPS) is 34.1. The van der Waals surface area contributed by atoms with E-state index in [0.717, 1.165) is 50.5 Å². The zero-order valence-corrected chi connectivity index (χ0v) is 28.3. The molecule has 4 nitrogen and oxygen atoms in total. The molecule has 7 unspecified atom stereocenters. The van der Waals surface area contributed by atoms with Crippen LogP contribution >= 0.6 is 0 Å². The van der Waals surface area contributed by atoms with Gasteiger partial charge in [0, 0.05) is 32.0 Å². The van der Waals surface area contributed by atoms with Gasteiger partial charge in [0.05, 0.1) is 0 Å². The van der Waals surface area contributed by atoms with Crippen LogP contribution in [0.5, 0.6) is 0 Å². The standard InChI is InChI=1S/C38H68N2O2/c1-5-6-7-8-9-10-11-12-13-14-15-16-17-18-19-20-29-39-36(42)33-23-22-31-30-21-24-34-38(3,28-26-35(41)40(34)4)32(30)25-27-37(31,33)2/h30-34H,5-29H2,1-4H3,(H,39,42). The van der Waals surface area contributed by atoms with Gasteiger partial charge in [0.25, 0.3) is 0 Å². The summed E-state index contributed by atoms with van der Waals surface area (Å²) in [5, 5.41) is 3.38. The van der Waals surface area contributed by atoms with Gasteiger partial charge in [0.2, 0.25) is 11.8 Å². The molecule has 3 aliphatic carbocycles. The van der Waals surface area contributed by atoms with E-state index in [1.807, 2.05) is 7.05 Å². The van der Waals surface area contributed by atoms with Crippen molar-refractivity contribution in [3.05, 3.63) is 0 Å². The van der Waals surface area contributed by atoms with Crippen molar-refractivity contribution in [2.24, 2.45) is 34.5 Å². The summed E-state index contributed by atoms with van der Waals surface area (Å²) in [6.45, 7) is 8.12. The maximum atomic E-state index is 13.4. The maximum absolute atomic E-state index is 13.4. The highest BCUT2D eigenvalue weighted by atomic mass is 16.2. The van der Waals surface area contributed by atoms with Crippen molar-refractivity contribution < 1.29 is 9.59 Å². The number of rotatable bonds is 18. The Kier molecular flexibility index (Phi) is 13.1. The molecule has 2 amide bonds. The van der Waals surface area contributed by atoms with Gasteiger partial charge >= 0.3 is 0 Å². The minimum Gasteiger partial charge on any atom is -0.356 e. The number of piperidine rings is 1. The minimum atomic E-state index is 0.166. The predicted molar refractivity (Wildman–Crippen MR) is 176 cm³/mol. The summed E-state index contributed by atoms with van der Waals surface area (Å²) in [6, 6.07) is 0.421. The number of amides is 2. The van der Waals surface area contributed by atoms with Crippen LogP contribution in [-0.2, 0) is 9.59 Å². The molecule has 1 N–H and O–H groups in total. The second kappa shape index (κ2) is 16.3. The van der Waals surface area contributed by atoms with Crippen LogP contribution in [-0.4, -0.2) is 36.3 Å². The number of nitrogens with one attached hydrogen (secondary N) is 1. The van der Waals surface area contributed by atoms with E-state index in [4.69, 9.17) is 0 Å². The number of hydrogen-bond acceptors (Lipinski definition) is 2. The molecule has 4 fully saturated rings. The Bertz CT molecular complexity index is 843. The molecule has 0 aromatic heterocycles. The fourth-order valence-corrected chi connectivity index (χ4v) is 10.6. The van der Waals surface area contributed by atoms with Crippen molar-refractivity contribution in [3.63, 3.8) is 0 Å². The predicted octanol–water partition coefficient (Wildman–Crippen LogP) is 9.84. The zero-order chi connectivity index (χ0) is 30.0. The van der Waals surface area contributed by atoms with Gasteiger partial charge in [-0.3, -0.25) is 9.59 Å². The lowest BCUT2D eigenvalue weighted by atomic mass is 9.47. The van der Waals surface area contributed by atoms with Gasteiger partial charge in [-0.15, -0.1) is 0 Å². The van der Waals surface area contributed by atoms with Crippen molar-refractivity contribution >= 4 is 11.8 Å². The van der Waals surface area contributed by atoms with E-state index in [2.05, 4.69) is 31.0 Å². The number of likely N-dealkylation sites (tertiary alicyclic amines) is 1. The third kappa shape index (κ3) is 7.96. The Hall–Kier alpha value is -1.06. The van der Waals surface area contributed by atoms with E-state index in [1.165, 1.54) is 122 Å². The highest BCUT2D eigenvalue weighted by Gasteiger charge is 2.62. The smallest absolute Gasteiger partial charge is 0.223 e. The Morgan fingerprint density at radius 3 is 1.86 bits per heavy atom. The summed E-state index contributed by atoms with van der Waals surface area (Å²) < 4.78 is 0. The first-order valence-corrected chi connectivity index (χ1v) is 18.9. The number of carbonyl (C=O) groups is 2. The molecule has 1 aliphatic heterocycles. The Balaban J connectivity index is 1.06. The van der Waals surface area contributed by atoms with E-state index in [-0.39, 0.29) is 16.7 Å². The van der Waals surface area contributed by atoms with Crippen molar-refractivity contribution in [2.45, 2.75) is 181 Å². The molecular formula is C38H68N2O2. The van der Waals surface area contributed by atoms with Crippen LogP contribution in [0.2, 0.25) is 0 Å². The van der Waals surface area contributed by atoms with Gasteiger partial charge < -0.3 is 10.2 Å². The first-order valence-electron chi connectivity index (χ1n) is 18.9. The van der Waals surface area contributed by atoms with Crippen LogP contribution in [0.3, 0.4) is 0 Å². The summed E-state index contributed by atoms with van der Waals surface area (Å²) in [7, 11) is 2.05. The third-order valence-corrected chi connectivity index (χ3v) is 13.2. The van der Waals surface area contributed by atoms with Crippen molar-refractivity contribution in [3.8, 4) is 0 Å². The van der Waals surface area contributed by atoms with Gasteiger partial charge in [-0.1, -0.05) is 117 Å². The molecule has 0 bridgehead atoms. The Labute approximate surface area is 260 Å². The highest BCUT2D eigenvalue weighted by Crippen LogP contribution is 2.66. The van der Waals surface area contributed by atoms with Gasteiger partial charge in [0.1, 0.15) is 0 Å². The number of carbonyl (C=O) groups excluding carboxylic acids is 2. The van der Waals surface area contributed by atoms with Crippen LogP contribution in [0.4, 0.5) is 0 Å². The zero-order valence-electron chi connectivity index (χ0n) is 28.3. The van der Waals surface area contributed by atoms with Gasteiger partial charge in [-0.25, -0.2) is 0 Å². The molecule has 4 heteroatoms. The molecule has 0 radical (unpaired) electrons. The number of hydrogen-bond donors (Lipinski definition) is 1. The lowest BCUT2D eigenvalue weighted by Gasteiger charge is -2.61. The molecule has 1 heterocycles. The monoisotopic (exact) mass is 585 g/mol. The number of fused-ring (bicyclic) bond motifs is 5. The summed E-state index contributed by atoms with van der Waals surface area (Å²) in [5.41, 5.74) is 0.431. The molecule has 1 saturated heterocycles. The molecule has 3 saturated carbocycles. The van der Waals surface area contributed by atoms with Gasteiger partial charge in [-0.05, 0) is 80.0 Å². The van der Waals surface area contributed by atoms with Crippen LogP contribution in [0.25, 0.3) is 0 Å². The van der Waals surface area contributed by atoms with E-state index < -0.39 is 0 Å². The molecular weight excluding hydrogens is 516 g/mol. The topological polar surface area (TPSA) is 49.4 Å². The quantitative estimate of drug-likeness (QED) is 0.163. The first kappa shape index (κ1) is 33.8. The lowest BCUT2D eigenvalue weighted by Crippen LogP contribution is -2.61. The van der Waals surface area contributed by atoms with Crippen molar-refractivity contribution in [2.75, 3.05) is 13.6 Å². The summed E-state index contributed by atoms with van der Waals surface area (Å²) in [5.74, 6) is 3.04. The van der Waals surface area contributed by atoms with E-state index in [0.29, 0.717) is 23.8 Å². The van der Waals surface area contributed by atoms with Crippen LogP contribution in [0.15, 0.2) is 0 Å². The molecule has 0 aromatic rings. The fraction of sp³-hybridized carbons (Fsp3) is 0.947. The van der Waals surface area contributed by atoms with E-state index in [1.54, 1.807) is 0 Å². The highest BCUT2D eigenvalue weighted by molar-refractivity contribution is 5.80. The largest absolute Gasteiger partial charge is 0.356 e. The third-order valence-electron chi connectivity index (χ3n) is 13.2. The Morgan fingerprint density at radius 1 is 0.714 bits per heavy atom. The van der Waals surface area contributed by atoms with Crippen LogP contribution in [0.1, 0.15) is 175 Å². The molecule has 7 atom stereocenters. The SMILES string of the molecule is CCCCCCCCCCCCCCCCCCNC(=O)C1CCC2C3CCC4N(C)C(=O)CCC4(C)C3CCC12C. The van der Waals surface area contributed by atoms with Gasteiger partial charge in [-0.2, -0.15) is 0 Å². The molecule has 4 rings (SSSR count). The number of nitrogens with zero attached hydrogens (tertiary/aromatic N) is 1. The van der Waals surface area contributed by atoms with E-state index in [9.17, 15) is 9.59 Å². The molecule has 242 valence electrons. The molecule has 4 aliphatic rings. The first-order chi connectivity index (χ1) is 20.3. The summed E-state index contributed by atoms with van der Waals surface area (Å²) in [4.78, 5) is 28.0. The fourth-order valence-electron chi connectivity index (χ4n) is 10.6. The van der Waals surface area contributed by atoms with Crippen molar-refractivity contribution in [1.82, 2.24) is 10.2 Å². The van der Waals surface area contributed by atoms with Crippen LogP contribution < -0.4 is 5.32 Å². The van der Waals surface area contributed by atoms with Crippen LogP contribution in [0, 0.1) is 34.5 Å². The molecule has 0 spiro atoms. The number of unbranched alkanes of at least 4 members (excludes halogenated alkanes) is 15. The lowest BCUT2D eigenvalue weighted by molar-refractivity contribution is -0.159. The minimum absolute atomic E-state index is 0.166. The average molecular weight is 585 g/mol. The van der Waals surface area contributed by atoms with Crippen molar-refractivity contribution in [1.29, 1.82) is 0 Å². The molecule has 42 heavy (non-hydrogen) atoms.